The average Bonchev–Trinajstić information content (AvgIpc) is 3.10. The quantitative estimate of drug-likeness (QED) is 0.796. The fourth-order valence-electron chi connectivity index (χ4n) is 2.42. The molecule has 7 heteroatoms. The van der Waals surface area contributed by atoms with Gasteiger partial charge in [-0.15, -0.1) is 0 Å². The molecule has 22 heavy (non-hydrogen) atoms. The summed E-state index contributed by atoms with van der Waals surface area (Å²) in [6.45, 7) is 7.10. The Morgan fingerprint density at radius 2 is 2.23 bits per heavy atom. The molecule has 2 heterocycles. The number of nitrogens with zero attached hydrogens (tertiary/aromatic N) is 4. The summed E-state index contributed by atoms with van der Waals surface area (Å²) in [5, 5.41) is 12.1. The van der Waals surface area contributed by atoms with Gasteiger partial charge in [-0.1, -0.05) is 18.5 Å². The van der Waals surface area contributed by atoms with E-state index in [0.717, 1.165) is 24.4 Å². The van der Waals surface area contributed by atoms with E-state index in [1.54, 1.807) is 10.9 Å². The molecule has 2 rings (SSSR count). The fourth-order valence-corrected chi connectivity index (χ4v) is 2.54. The molecule has 2 aromatic heterocycles. The first-order valence-corrected chi connectivity index (χ1v) is 7.88. The first-order chi connectivity index (χ1) is 10.5. The summed E-state index contributed by atoms with van der Waals surface area (Å²) in [5.74, 6) is -0.0229. The zero-order chi connectivity index (χ0) is 16.1. The fraction of sp³-hybridized carbons (Fsp3) is 0.533. The molecule has 0 saturated carbocycles. The van der Waals surface area contributed by atoms with Crippen LogP contribution in [0.3, 0.4) is 0 Å². The predicted octanol–water partition coefficient (Wildman–Crippen LogP) is 2.51. The van der Waals surface area contributed by atoms with Gasteiger partial charge in [-0.05, 0) is 32.8 Å². The maximum absolute atomic E-state index is 12.4. The van der Waals surface area contributed by atoms with E-state index < -0.39 is 0 Å². The highest BCUT2D eigenvalue weighted by Gasteiger charge is 2.22. The van der Waals surface area contributed by atoms with Gasteiger partial charge in [0.2, 0.25) is 5.91 Å². The summed E-state index contributed by atoms with van der Waals surface area (Å²) >= 11 is 6.16. The molecule has 0 fully saturated rings. The Morgan fingerprint density at radius 1 is 1.45 bits per heavy atom. The first kappa shape index (κ1) is 16.5. The van der Waals surface area contributed by atoms with Gasteiger partial charge in [0, 0.05) is 25.5 Å². The molecule has 0 aliphatic heterocycles. The Labute approximate surface area is 135 Å². The van der Waals surface area contributed by atoms with E-state index >= 15 is 0 Å². The first-order valence-electron chi connectivity index (χ1n) is 7.51. The molecule has 0 aliphatic rings. The van der Waals surface area contributed by atoms with Gasteiger partial charge in [0.15, 0.2) is 0 Å². The second-order valence-electron chi connectivity index (χ2n) is 5.27. The number of nitrogens with one attached hydrogen (secondary N) is 1. The van der Waals surface area contributed by atoms with E-state index in [2.05, 4.69) is 15.5 Å². The van der Waals surface area contributed by atoms with Crippen molar-refractivity contribution in [3.63, 3.8) is 0 Å². The lowest BCUT2D eigenvalue weighted by Gasteiger charge is -2.17. The highest BCUT2D eigenvalue weighted by Crippen LogP contribution is 2.23. The lowest BCUT2D eigenvalue weighted by molar-refractivity contribution is -0.124. The molecule has 0 bridgehead atoms. The molecule has 2 aromatic rings. The van der Waals surface area contributed by atoms with E-state index in [0.29, 0.717) is 18.0 Å². The monoisotopic (exact) mass is 323 g/mol. The van der Waals surface area contributed by atoms with Crippen molar-refractivity contribution in [2.24, 2.45) is 0 Å². The molecule has 0 aliphatic carbocycles. The third kappa shape index (κ3) is 3.68. The maximum Gasteiger partial charge on any atom is 0.244 e. The number of halogens is 1. The van der Waals surface area contributed by atoms with E-state index in [1.165, 1.54) is 0 Å². The Kier molecular flexibility index (Phi) is 5.60. The predicted molar refractivity (Wildman–Crippen MR) is 85.9 cm³/mol. The van der Waals surface area contributed by atoms with Crippen LogP contribution >= 0.6 is 11.6 Å². The number of carbonyl (C=O) groups excluding carboxylic acids is 1. The molecule has 1 atom stereocenters. The number of hydrogen-bond donors (Lipinski definition) is 1. The van der Waals surface area contributed by atoms with Crippen LogP contribution < -0.4 is 5.32 Å². The molecular formula is C15H22ClN5O. The minimum absolute atomic E-state index is 0.0229. The number of amides is 1. The van der Waals surface area contributed by atoms with Crippen LogP contribution in [-0.2, 0) is 11.3 Å². The molecule has 0 radical (unpaired) electrons. The van der Waals surface area contributed by atoms with Crippen molar-refractivity contribution in [1.29, 1.82) is 0 Å². The van der Waals surface area contributed by atoms with E-state index in [9.17, 15) is 4.79 Å². The van der Waals surface area contributed by atoms with Crippen LogP contribution in [0.4, 0.5) is 0 Å². The zero-order valence-electron chi connectivity index (χ0n) is 13.2. The number of rotatable bonds is 7. The molecule has 1 unspecified atom stereocenters. The molecule has 6 nitrogen and oxygen atoms in total. The second kappa shape index (κ2) is 7.45. The van der Waals surface area contributed by atoms with Gasteiger partial charge >= 0.3 is 0 Å². The summed E-state index contributed by atoms with van der Waals surface area (Å²) in [5.41, 5.74) is 1.59. The third-order valence-corrected chi connectivity index (χ3v) is 4.19. The van der Waals surface area contributed by atoms with Crippen molar-refractivity contribution in [1.82, 2.24) is 24.9 Å². The lowest BCUT2D eigenvalue weighted by Crippen LogP contribution is -2.34. The Hall–Kier alpha value is -1.82. The van der Waals surface area contributed by atoms with Gasteiger partial charge in [0.1, 0.15) is 6.04 Å². The Bertz CT molecular complexity index is 620. The van der Waals surface area contributed by atoms with Crippen LogP contribution in [0.1, 0.15) is 37.2 Å². The molecule has 0 aromatic carbocycles. The van der Waals surface area contributed by atoms with Crippen LogP contribution in [-0.4, -0.2) is 32.0 Å². The van der Waals surface area contributed by atoms with Crippen molar-refractivity contribution in [2.75, 3.05) is 6.54 Å². The molecule has 0 saturated heterocycles. The number of aryl methyl sites for hydroxylation is 2. The standard InChI is InChI=1S/C15H22ClN5O/c1-4-13(21-12(3)14(16)11(2)19-21)15(22)17-7-5-9-20-10-6-8-18-20/h6,8,10,13H,4-5,7,9H2,1-3H3,(H,17,22). The van der Waals surface area contributed by atoms with E-state index in [1.807, 2.05) is 37.7 Å². The van der Waals surface area contributed by atoms with Gasteiger partial charge in [0.25, 0.3) is 0 Å². The van der Waals surface area contributed by atoms with Crippen LogP contribution in [0.2, 0.25) is 5.02 Å². The highest BCUT2D eigenvalue weighted by atomic mass is 35.5. The largest absolute Gasteiger partial charge is 0.354 e. The smallest absolute Gasteiger partial charge is 0.244 e. The lowest BCUT2D eigenvalue weighted by atomic mass is 10.2. The summed E-state index contributed by atoms with van der Waals surface area (Å²) in [6, 6.07) is 1.56. The molecule has 1 N–H and O–H groups in total. The third-order valence-electron chi connectivity index (χ3n) is 3.64. The van der Waals surface area contributed by atoms with Crippen molar-refractivity contribution in [3.8, 4) is 0 Å². The van der Waals surface area contributed by atoms with E-state index in [4.69, 9.17) is 11.6 Å². The van der Waals surface area contributed by atoms with Gasteiger partial charge in [-0.3, -0.25) is 14.2 Å². The molecule has 1 amide bonds. The SMILES string of the molecule is CCC(C(=O)NCCCn1cccn1)n1nc(C)c(Cl)c1C. The summed E-state index contributed by atoms with van der Waals surface area (Å²) < 4.78 is 3.57. The minimum Gasteiger partial charge on any atom is -0.354 e. The highest BCUT2D eigenvalue weighted by molar-refractivity contribution is 6.31. The number of aromatic nitrogens is 4. The average molecular weight is 324 g/mol. The summed E-state index contributed by atoms with van der Waals surface area (Å²) in [6.07, 6.45) is 5.16. The number of carbonyl (C=O) groups is 1. The molecular weight excluding hydrogens is 302 g/mol. The molecule has 120 valence electrons. The summed E-state index contributed by atoms with van der Waals surface area (Å²) in [7, 11) is 0. The second-order valence-corrected chi connectivity index (χ2v) is 5.65. The van der Waals surface area contributed by atoms with Crippen LogP contribution in [0, 0.1) is 13.8 Å². The topological polar surface area (TPSA) is 64.7 Å². The normalized spacial score (nSPS) is 12.4. The van der Waals surface area contributed by atoms with Crippen molar-refractivity contribution < 1.29 is 4.79 Å². The van der Waals surface area contributed by atoms with Gasteiger partial charge in [-0.2, -0.15) is 10.2 Å². The van der Waals surface area contributed by atoms with Gasteiger partial charge in [-0.25, -0.2) is 0 Å². The number of hydrogen-bond acceptors (Lipinski definition) is 3. The van der Waals surface area contributed by atoms with Crippen LogP contribution in [0.25, 0.3) is 0 Å². The Morgan fingerprint density at radius 3 is 2.77 bits per heavy atom. The van der Waals surface area contributed by atoms with Crippen molar-refractivity contribution in [3.05, 3.63) is 34.9 Å². The molecule has 0 spiro atoms. The Balaban J connectivity index is 1.90. The zero-order valence-corrected chi connectivity index (χ0v) is 14.0. The van der Waals surface area contributed by atoms with Gasteiger partial charge in [0.05, 0.1) is 16.4 Å². The minimum atomic E-state index is -0.323. The van der Waals surface area contributed by atoms with Crippen molar-refractivity contribution >= 4 is 17.5 Å². The van der Waals surface area contributed by atoms with E-state index in [-0.39, 0.29) is 11.9 Å². The van der Waals surface area contributed by atoms with Crippen LogP contribution in [0.15, 0.2) is 18.5 Å². The van der Waals surface area contributed by atoms with Crippen LogP contribution in [0.5, 0.6) is 0 Å². The van der Waals surface area contributed by atoms with Crippen molar-refractivity contribution in [2.45, 2.75) is 46.2 Å². The van der Waals surface area contributed by atoms with Gasteiger partial charge < -0.3 is 5.32 Å². The maximum atomic E-state index is 12.4. The summed E-state index contributed by atoms with van der Waals surface area (Å²) in [4.78, 5) is 12.4.